The lowest BCUT2D eigenvalue weighted by Crippen LogP contribution is -2.55. The first kappa shape index (κ1) is 18.0. The largest absolute Gasteiger partial charge is 0.311 e. The van der Waals surface area contributed by atoms with E-state index in [0.717, 1.165) is 31.7 Å². The number of aryl methyl sites for hydroxylation is 1. The molecule has 0 aromatic carbocycles. The van der Waals surface area contributed by atoms with Crippen molar-refractivity contribution >= 4 is 22.4 Å². The molecule has 0 spiro atoms. The summed E-state index contributed by atoms with van der Waals surface area (Å²) < 4.78 is 0. The molecule has 2 N–H and O–H groups in total. The molecular weight excluding hydrogens is 334 g/mol. The minimum Gasteiger partial charge on any atom is -0.311 e. The molecule has 0 radical (unpaired) electrons. The highest BCUT2D eigenvalue weighted by Gasteiger charge is 2.25. The van der Waals surface area contributed by atoms with Crippen LogP contribution in [0.25, 0.3) is 0 Å². The molecule has 3 heterocycles. The molecule has 2 aromatic heterocycles. The minimum atomic E-state index is -0.0804. The van der Waals surface area contributed by atoms with Crippen LogP contribution in [0.15, 0.2) is 24.5 Å². The topological polar surface area (TPSA) is 70.2 Å². The second-order valence-corrected chi connectivity index (χ2v) is 7.82. The summed E-state index contributed by atoms with van der Waals surface area (Å²) in [5.74, 6) is -0.0804. The predicted octanol–water partition coefficient (Wildman–Crippen LogP) is 2.21. The van der Waals surface area contributed by atoms with E-state index in [0.29, 0.717) is 17.2 Å². The van der Waals surface area contributed by atoms with Crippen molar-refractivity contribution in [1.82, 2.24) is 20.2 Å². The van der Waals surface area contributed by atoms with E-state index in [-0.39, 0.29) is 5.91 Å². The van der Waals surface area contributed by atoms with Gasteiger partial charge in [0.25, 0.3) is 0 Å². The number of pyridine rings is 1. The van der Waals surface area contributed by atoms with Gasteiger partial charge in [-0.3, -0.25) is 14.7 Å². The van der Waals surface area contributed by atoms with Gasteiger partial charge in [-0.2, -0.15) is 0 Å². The number of rotatable bonds is 5. The highest BCUT2D eigenvalue weighted by atomic mass is 32.1. The number of piperazine rings is 1. The highest BCUT2D eigenvalue weighted by Crippen LogP contribution is 2.22. The molecule has 0 saturated carbocycles. The van der Waals surface area contributed by atoms with E-state index in [1.807, 2.05) is 19.3 Å². The number of carbonyl (C=O) groups is 1. The number of hydrogen-bond donors (Lipinski definition) is 2. The Morgan fingerprint density at radius 3 is 2.96 bits per heavy atom. The standard InChI is InChI=1S/C18H25N5OS/c1-12-4-5-15(8-19-12)6-16-10-23(13(2)7-20-16)11-17-9-21-18(25-17)22-14(3)24/h4-5,8-9,13,16,20H,6-7,10-11H2,1-3H3,(H,21,22,24)/t13-,16+/m0/s1. The smallest absolute Gasteiger partial charge is 0.223 e. The molecule has 0 aliphatic carbocycles. The number of hydrogen-bond acceptors (Lipinski definition) is 6. The summed E-state index contributed by atoms with van der Waals surface area (Å²) in [5.41, 5.74) is 2.32. The molecule has 0 unspecified atom stereocenters. The zero-order chi connectivity index (χ0) is 17.8. The summed E-state index contributed by atoms with van der Waals surface area (Å²) in [6, 6.07) is 5.12. The van der Waals surface area contributed by atoms with E-state index in [9.17, 15) is 4.79 Å². The Morgan fingerprint density at radius 1 is 1.40 bits per heavy atom. The van der Waals surface area contributed by atoms with Crippen molar-refractivity contribution < 1.29 is 4.79 Å². The number of amides is 1. The van der Waals surface area contributed by atoms with Crippen molar-refractivity contribution in [3.05, 3.63) is 40.7 Å². The van der Waals surface area contributed by atoms with Crippen LogP contribution in [0.1, 0.15) is 30.0 Å². The molecule has 2 aromatic rings. The first-order valence-corrected chi connectivity index (χ1v) is 9.42. The molecular formula is C18H25N5OS. The Kier molecular flexibility index (Phi) is 5.78. The monoisotopic (exact) mass is 359 g/mol. The Labute approximate surface area is 152 Å². The van der Waals surface area contributed by atoms with Crippen LogP contribution in [0.2, 0.25) is 0 Å². The van der Waals surface area contributed by atoms with E-state index in [1.54, 1.807) is 11.3 Å². The van der Waals surface area contributed by atoms with Gasteiger partial charge in [0.05, 0.1) is 0 Å². The number of nitrogens with zero attached hydrogens (tertiary/aromatic N) is 3. The van der Waals surface area contributed by atoms with Gasteiger partial charge in [-0.1, -0.05) is 6.07 Å². The van der Waals surface area contributed by atoms with Crippen molar-refractivity contribution in [3.8, 4) is 0 Å². The van der Waals surface area contributed by atoms with Crippen LogP contribution in [-0.2, 0) is 17.8 Å². The molecule has 3 rings (SSSR count). The first-order chi connectivity index (χ1) is 12.0. The van der Waals surface area contributed by atoms with Crippen LogP contribution >= 0.6 is 11.3 Å². The van der Waals surface area contributed by atoms with Crippen LogP contribution in [0.5, 0.6) is 0 Å². The van der Waals surface area contributed by atoms with E-state index in [2.05, 4.69) is 44.6 Å². The molecule has 1 aliphatic rings. The molecule has 25 heavy (non-hydrogen) atoms. The fourth-order valence-corrected chi connectivity index (χ4v) is 3.93. The van der Waals surface area contributed by atoms with Gasteiger partial charge < -0.3 is 10.6 Å². The minimum absolute atomic E-state index is 0.0804. The van der Waals surface area contributed by atoms with Crippen LogP contribution < -0.4 is 10.6 Å². The summed E-state index contributed by atoms with van der Waals surface area (Å²) in [4.78, 5) is 23.5. The SMILES string of the molecule is CC(=O)Nc1ncc(CN2C[C@@H](Cc3ccc(C)nc3)NC[C@@H]2C)s1. The van der Waals surface area contributed by atoms with Crippen molar-refractivity contribution in [2.24, 2.45) is 0 Å². The quantitative estimate of drug-likeness (QED) is 0.857. The van der Waals surface area contributed by atoms with Crippen molar-refractivity contribution in [3.63, 3.8) is 0 Å². The Morgan fingerprint density at radius 2 is 2.24 bits per heavy atom. The summed E-state index contributed by atoms with van der Waals surface area (Å²) in [6.07, 6.45) is 4.82. The maximum Gasteiger partial charge on any atom is 0.223 e. The average Bonchev–Trinajstić information content (AvgIpc) is 2.99. The third-order valence-electron chi connectivity index (χ3n) is 4.43. The molecule has 1 saturated heterocycles. The predicted molar refractivity (Wildman–Crippen MR) is 101 cm³/mol. The van der Waals surface area contributed by atoms with E-state index >= 15 is 0 Å². The van der Waals surface area contributed by atoms with Gasteiger partial charge in [0.2, 0.25) is 5.91 Å². The van der Waals surface area contributed by atoms with Crippen LogP contribution in [0, 0.1) is 6.92 Å². The lowest BCUT2D eigenvalue weighted by Gasteiger charge is -2.38. The van der Waals surface area contributed by atoms with E-state index < -0.39 is 0 Å². The molecule has 1 amide bonds. The molecule has 1 fully saturated rings. The van der Waals surface area contributed by atoms with Gasteiger partial charge in [-0.15, -0.1) is 11.3 Å². The summed E-state index contributed by atoms with van der Waals surface area (Å²) in [7, 11) is 0. The van der Waals surface area contributed by atoms with E-state index in [4.69, 9.17) is 0 Å². The summed E-state index contributed by atoms with van der Waals surface area (Å²) in [6.45, 7) is 8.58. The van der Waals surface area contributed by atoms with E-state index in [1.165, 1.54) is 17.4 Å². The lowest BCUT2D eigenvalue weighted by molar-refractivity contribution is -0.114. The van der Waals surface area contributed by atoms with Crippen LogP contribution in [0.4, 0.5) is 5.13 Å². The Balaban J connectivity index is 1.59. The fraction of sp³-hybridized carbons (Fsp3) is 0.500. The molecule has 134 valence electrons. The molecule has 2 atom stereocenters. The Bertz CT molecular complexity index is 715. The molecule has 6 nitrogen and oxygen atoms in total. The van der Waals surface area contributed by atoms with Gasteiger partial charge in [-0.05, 0) is 31.9 Å². The molecule has 0 bridgehead atoms. The summed E-state index contributed by atoms with van der Waals surface area (Å²) >= 11 is 1.55. The number of anilines is 1. The number of carbonyl (C=O) groups excluding carboxylic acids is 1. The summed E-state index contributed by atoms with van der Waals surface area (Å²) in [5, 5.41) is 7.06. The normalized spacial score (nSPS) is 21.2. The third-order valence-corrected chi connectivity index (χ3v) is 5.33. The average molecular weight is 359 g/mol. The number of nitrogens with one attached hydrogen (secondary N) is 2. The van der Waals surface area contributed by atoms with Gasteiger partial charge in [0.1, 0.15) is 0 Å². The fourth-order valence-electron chi connectivity index (χ4n) is 3.04. The van der Waals surface area contributed by atoms with Crippen LogP contribution in [0.3, 0.4) is 0 Å². The van der Waals surface area contributed by atoms with Gasteiger partial charge >= 0.3 is 0 Å². The highest BCUT2D eigenvalue weighted by molar-refractivity contribution is 7.15. The lowest BCUT2D eigenvalue weighted by atomic mass is 10.0. The van der Waals surface area contributed by atoms with Gasteiger partial charge in [0.15, 0.2) is 5.13 Å². The second kappa shape index (κ2) is 8.03. The first-order valence-electron chi connectivity index (χ1n) is 8.61. The molecule has 1 aliphatic heterocycles. The zero-order valence-corrected chi connectivity index (χ0v) is 15.8. The van der Waals surface area contributed by atoms with Crippen molar-refractivity contribution in [2.45, 2.75) is 45.8 Å². The van der Waals surface area contributed by atoms with Crippen molar-refractivity contribution in [1.29, 1.82) is 0 Å². The van der Waals surface area contributed by atoms with Crippen LogP contribution in [-0.4, -0.2) is 45.9 Å². The second-order valence-electron chi connectivity index (χ2n) is 6.71. The number of thiazole rings is 1. The third kappa shape index (κ3) is 5.07. The molecule has 7 heteroatoms. The van der Waals surface area contributed by atoms with Gasteiger partial charge in [-0.25, -0.2) is 4.98 Å². The Hall–Kier alpha value is -1.83. The maximum atomic E-state index is 11.1. The zero-order valence-electron chi connectivity index (χ0n) is 15.0. The van der Waals surface area contributed by atoms with Crippen molar-refractivity contribution in [2.75, 3.05) is 18.4 Å². The number of aromatic nitrogens is 2. The van der Waals surface area contributed by atoms with Gasteiger partial charge in [0, 0.05) is 61.6 Å². The maximum absolute atomic E-state index is 11.1.